The number of thiocarbonyl (C=S) groups is 1. The largest absolute Gasteiger partial charge is 0.365 e. The van der Waals surface area contributed by atoms with Gasteiger partial charge in [0.2, 0.25) is 5.95 Å². The number of halogens is 3. The zero-order chi connectivity index (χ0) is 14.7. The van der Waals surface area contributed by atoms with Crippen molar-refractivity contribution in [3.05, 3.63) is 23.8 Å². The van der Waals surface area contributed by atoms with Crippen molar-refractivity contribution in [2.75, 3.05) is 44.2 Å². The Morgan fingerprint density at radius 1 is 1.13 bits per heavy atom. The molecular formula is C14H22Cl2FN5S. The number of hydrazine groups is 1. The fourth-order valence-corrected chi connectivity index (χ4v) is 2.97. The first-order valence-electron chi connectivity index (χ1n) is 7.42. The molecule has 1 aromatic rings. The molecule has 2 fully saturated rings. The summed E-state index contributed by atoms with van der Waals surface area (Å²) in [4.78, 5) is 6.53. The van der Waals surface area contributed by atoms with Crippen LogP contribution in [0.4, 0.5) is 10.1 Å². The Hall–Kier alpha value is -0.730. The summed E-state index contributed by atoms with van der Waals surface area (Å²) in [7, 11) is 0. The quantitative estimate of drug-likeness (QED) is 0.614. The van der Waals surface area contributed by atoms with Gasteiger partial charge in [0.1, 0.15) is 10.7 Å². The van der Waals surface area contributed by atoms with Gasteiger partial charge < -0.3 is 15.6 Å². The van der Waals surface area contributed by atoms with Gasteiger partial charge in [-0.25, -0.2) is 9.99 Å². The Balaban J connectivity index is 0.00000132. The number of nitrogens with one attached hydrogen (secondary N) is 2. The molecule has 0 aliphatic carbocycles. The van der Waals surface area contributed by atoms with Crippen molar-refractivity contribution in [1.82, 2.24) is 20.7 Å². The Kier molecular flexibility index (Phi) is 8.42. The second kappa shape index (κ2) is 9.54. The Morgan fingerprint density at radius 3 is 2.39 bits per heavy atom. The second-order valence-corrected chi connectivity index (χ2v) is 5.79. The Bertz CT molecular complexity index is 522. The third-order valence-corrected chi connectivity index (χ3v) is 4.19. The summed E-state index contributed by atoms with van der Waals surface area (Å²) in [5, 5.41) is 5.31. The van der Waals surface area contributed by atoms with Crippen LogP contribution in [0.1, 0.15) is 18.5 Å². The molecule has 130 valence electrons. The predicted molar refractivity (Wildman–Crippen MR) is 99.4 cm³/mol. The first-order valence-corrected chi connectivity index (χ1v) is 7.83. The highest BCUT2D eigenvalue weighted by Gasteiger charge is 2.18. The van der Waals surface area contributed by atoms with Crippen LogP contribution in [0.15, 0.2) is 12.1 Å². The topological polar surface area (TPSA) is 43.4 Å². The lowest BCUT2D eigenvalue weighted by molar-refractivity contribution is 0.298. The van der Waals surface area contributed by atoms with E-state index in [4.69, 9.17) is 12.2 Å². The van der Waals surface area contributed by atoms with Crippen LogP contribution in [0.3, 0.4) is 0 Å². The third-order valence-electron chi connectivity index (χ3n) is 3.89. The maximum Gasteiger partial charge on any atom is 0.237 e. The molecule has 0 radical (unpaired) electrons. The molecule has 23 heavy (non-hydrogen) atoms. The first kappa shape index (κ1) is 20.3. The maximum absolute atomic E-state index is 14.2. The molecule has 0 atom stereocenters. The summed E-state index contributed by atoms with van der Waals surface area (Å²) in [6.45, 7) is 5.29. The SMILES string of the molecule is Cl.Cl.Fc1nc(C(=S)NN2CCCC2)ccc1N1CCNCC1. The minimum atomic E-state index is -0.444. The maximum atomic E-state index is 14.2. The van der Waals surface area contributed by atoms with Crippen LogP contribution >= 0.6 is 37.0 Å². The zero-order valence-corrected chi connectivity index (χ0v) is 15.2. The van der Waals surface area contributed by atoms with E-state index in [0.717, 1.165) is 39.3 Å². The van der Waals surface area contributed by atoms with Crippen LogP contribution < -0.4 is 15.6 Å². The van der Waals surface area contributed by atoms with Crippen molar-refractivity contribution >= 4 is 47.7 Å². The normalized spacial score (nSPS) is 18.0. The molecule has 2 aliphatic rings. The lowest BCUT2D eigenvalue weighted by Crippen LogP contribution is -2.44. The number of hydrogen-bond acceptors (Lipinski definition) is 5. The van der Waals surface area contributed by atoms with Crippen LogP contribution in [-0.4, -0.2) is 54.2 Å². The first-order chi connectivity index (χ1) is 10.2. The number of rotatable bonds is 3. The van der Waals surface area contributed by atoms with E-state index in [0.29, 0.717) is 16.4 Å². The van der Waals surface area contributed by atoms with Gasteiger partial charge in [0.15, 0.2) is 0 Å². The van der Waals surface area contributed by atoms with E-state index in [1.165, 1.54) is 12.8 Å². The molecule has 2 saturated heterocycles. The molecule has 0 bridgehead atoms. The summed E-state index contributed by atoms with van der Waals surface area (Å²) in [6.07, 6.45) is 2.33. The van der Waals surface area contributed by atoms with Crippen molar-refractivity contribution in [2.45, 2.75) is 12.8 Å². The zero-order valence-electron chi connectivity index (χ0n) is 12.8. The monoisotopic (exact) mass is 381 g/mol. The highest BCUT2D eigenvalue weighted by molar-refractivity contribution is 7.80. The third kappa shape index (κ3) is 5.12. The molecule has 2 aliphatic heterocycles. The van der Waals surface area contributed by atoms with E-state index < -0.39 is 5.95 Å². The Morgan fingerprint density at radius 2 is 1.78 bits per heavy atom. The van der Waals surface area contributed by atoms with E-state index >= 15 is 0 Å². The molecule has 1 aromatic heterocycles. The molecule has 0 spiro atoms. The molecule has 0 aromatic carbocycles. The van der Waals surface area contributed by atoms with Gasteiger partial charge in [0, 0.05) is 39.3 Å². The molecule has 0 unspecified atom stereocenters. The highest BCUT2D eigenvalue weighted by Crippen LogP contribution is 2.18. The van der Waals surface area contributed by atoms with Crippen molar-refractivity contribution in [2.24, 2.45) is 0 Å². The lowest BCUT2D eigenvalue weighted by atomic mass is 10.2. The van der Waals surface area contributed by atoms with Gasteiger partial charge in [-0.2, -0.15) is 4.39 Å². The van der Waals surface area contributed by atoms with Gasteiger partial charge >= 0.3 is 0 Å². The molecule has 3 heterocycles. The highest BCUT2D eigenvalue weighted by atomic mass is 35.5. The number of hydrogen-bond donors (Lipinski definition) is 2. The smallest absolute Gasteiger partial charge is 0.237 e. The standard InChI is InChI=1S/C14H20FN5S.2ClH/c15-13-12(19-9-5-16-6-10-19)4-3-11(17-13)14(21)18-20-7-1-2-8-20;;/h3-4,16H,1-2,5-10H2,(H,18,21);2*1H. The number of aromatic nitrogens is 1. The summed E-state index contributed by atoms with van der Waals surface area (Å²) in [5.74, 6) is -0.444. The number of piperazine rings is 1. The van der Waals surface area contributed by atoms with Crippen LogP contribution in [0.2, 0.25) is 0 Å². The summed E-state index contributed by atoms with van der Waals surface area (Å²) < 4.78 is 14.2. The molecule has 9 heteroatoms. The summed E-state index contributed by atoms with van der Waals surface area (Å²) in [5.41, 5.74) is 4.19. The number of nitrogens with zero attached hydrogens (tertiary/aromatic N) is 3. The van der Waals surface area contributed by atoms with Gasteiger partial charge in [0.25, 0.3) is 0 Å². The minimum Gasteiger partial charge on any atom is -0.365 e. The van der Waals surface area contributed by atoms with Crippen LogP contribution in [-0.2, 0) is 0 Å². The fourth-order valence-electron chi connectivity index (χ4n) is 2.72. The van der Waals surface area contributed by atoms with E-state index in [2.05, 4.69) is 20.7 Å². The van der Waals surface area contributed by atoms with Gasteiger partial charge in [-0.15, -0.1) is 24.8 Å². The fraction of sp³-hybridized carbons (Fsp3) is 0.571. The van der Waals surface area contributed by atoms with Crippen molar-refractivity contribution < 1.29 is 4.39 Å². The lowest BCUT2D eigenvalue weighted by Gasteiger charge is -2.29. The minimum absolute atomic E-state index is 0. The molecule has 2 N–H and O–H groups in total. The number of pyridine rings is 1. The van der Waals surface area contributed by atoms with E-state index in [1.807, 2.05) is 4.90 Å². The van der Waals surface area contributed by atoms with Crippen LogP contribution in [0.25, 0.3) is 0 Å². The van der Waals surface area contributed by atoms with Crippen LogP contribution in [0.5, 0.6) is 0 Å². The van der Waals surface area contributed by atoms with E-state index in [9.17, 15) is 4.39 Å². The van der Waals surface area contributed by atoms with Crippen molar-refractivity contribution in [3.8, 4) is 0 Å². The van der Waals surface area contributed by atoms with Crippen LogP contribution in [0, 0.1) is 5.95 Å². The van der Waals surface area contributed by atoms with Crippen molar-refractivity contribution in [3.63, 3.8) is 0 Å². The van der Waals surface area contributed by atoms with Crippen molar-refractivity contribution in [1.29, 1.82) is 0 Å². The molecule has 0 saturated carbocycles. The van der Waals surface area contributed by atoms with E-state index in [1.54, 1.807) is 12.1 Å². The molecular weight excluding hydrogens is 360 g/mol. The average molecular weight is 382 g/mol. The predicted octanol–water partition coefficient (Wildman–Crippen LogP) is 1.75. The average Bonchev–Trinajstić information content (AvgIpc) is 3.01. The van der Waals surface area contributed by atoms with E-state index in [-0.39, 0.29) is 24.8 Å². The Labute approximate surface area is 153 Å². The van der Waals surface area contributed by atoms with Gasteiger partial charge in [-0.3, -0.25) is 0 Å². The van der Waals surface area contributed by atoms with Gasteiger partial charge in [-0.05, 0) is 25.0 Å². The molecule has 5 nitrogen and oxygen atoms in total. The van der Waals surface area contributed by atoms with Gasteiger partial charge in [-0.1, -0.05) is 12.2 Å². The molecule has 0 amide bonds. The number of anilines is 1. The summed E-state index contributed by atoms with van der Waals surface area (Å²) in [6, 6.07) is 3.58. The van der Waals surface area contributed by atoms with Gasteiger partial charge in [0.05, 0.1) is 5.69 Å². The second-order valence-electron chi connectivity index (χ2n) is 5.38. The molecule has 3 rings (SSSR count). The summed E-state index contributed by atoms with van der Waals surface area (Å²) >= 11 is 5.31.